The van der Waals surface area contributed by atoms with E-state index in [1.807, 2.05) is 24.3 Å². The van der Waals surface area contributed by atoms with Gasteiger partial charge >= 0.3 is 0 Å². The molecule has 1 atom stereocenters. The first-order valence-electron chi connectivity index (χ1n) is 8.03. The van der Waals surface area contributed by atoms with Crippen LogP contribution < -0.4 is 5.01 Å². The molecule has 0 saturated heterocycles. The van der Waals surface area contributed by atoms with Crippen molar-refractivity contribution in [2.75, 3.05) is 5.01 Å². The van der Waals surface area contributed by atoms with E-state index < -0.39 is 0 Å². The fourth-order valence-corrected chi connectivity index (χ4v) is 2.55. The third-order valence-corrected chi connectivity index (χ3v) is 3.65. The topological polar surface area (TPSA) is 15.6 Å². The molecular formula is C21H22N2. The quantitative estimate of drug-likeness (QED) is 0.733. The van der Waals surface area contributed by atoms with Crippen molar-refractivity contribution in [1.29, 1.82) is 0 Å². The van der Waals surface area contributed by atoms with Crippen LogP contribution in [-0.2, 0) is 0 Å². The Morgan fingerprint density at radius 2 is 1.57 bits per heavy atom. The number of anilines is 1. The standard InChI is InChI=1S/C21H22N2/c1-21(2,3)15-14-19-16-20(17-10-6-4-7-11-17)22-23(19)18-12-8-5-9-13-18/h4-13,19H,16H2,1-3H3. The monoisotopic (exact) mass is 302 g/mol. The van der Waals surface area contributed by atoms with Crippen LogP contribution in [0.1, 0.15) is 32.8 Å². The maximum atomic E-state index is 4.86. The summed E-state index contributed by atoms with van der Waals surface area (Å²) < 4.78 is 0. The number of para-hydroxylation sites is 1. The van der Waals surface area contributed by atoms with E-state index in [9.17, 15) is 0 Å². The molecule has 2 nitrogen and oxygen atoms in total. The van der Waals surface area contributed by atoms with Crippen LogP contribution in [-0.4, -0.2) is 11.8 Å². The fraction of sp³-hybridized carbons (Fsp3) is 0.286. The van der Waals surface area contributed by atoms with Crippen molar-refractivity contribution < 1.29 is 0 Å². The lowest BCUT2D eigenvalue weighted by Gasteiger charge is -2.19. The first-order chi connectivity index (χ1) is 11.0. The highest BCUT2D eigenvalue weighted by molar-refractivity contribution is 6.03. The number of hydrazone groups is 1. The zero-order valence-electron chi connectivity index (χ0n) is 14.0. The first kappa shape index (κ1) is 15.4. The number of hydrogen-bond acceptors (Lipinski definition) is 2. The van der Waals surface area contributed by atoms with Crippen LogP contribution in [0.3, 0.4) is 0 Å². The molecule has 23 heavy (non-hydrogen) atoms. The maximum Gasteiger partial charge on any atom is 0.119 e. The number of nitrogens with zero attached hydrogens (tertiary/aromatic N) is 2. The van der Waals surface area contributed by atoms with Crippen molar-refractivity contribution in [2.24, 2.45) is 10.5 Å². The zero-order valence-corrected chi connectivity index (χ0v) is 14.0. The molecule has 1 aliphatic rings. The Bertz CT molecular complexity index is 743. The SMILES string of the molecule is CC(C)(C)C#CC1CC(c2ccccc2)=NN1c1ccccc1. The molecule has 116 valence electrons. The van der Waals surface area contributed by atoms with E-state index >= 15 is 0 Å². The molecule has 0 spiro atoms. The number of hydrogen-bond donors (Lipinski definition) is 0. The second-order valence-corrected chi connectivity index (χ2v) is 6.83. The average molecular weight is 302 g/mol. The van der Waals surface area contributed by atoms with Gasteiger partial charge in [-0.1, -0.05) is 60.4 Å². The molecule has 0 aromatic heterocycles. The minimum Gasteiger partial charge on any atom is -0.250 e. The van der Waals surface area contributed by atoms with Gasteiger partial charge in [0, 0.05) is 11.8 Å². The molecule has 0 saturated carbocycles. The maximum absolute atomic E-state index is 4.86. The second kappa shape index (κ2) is 6.30. The summed E-state index contributed by atoms with van der Waals surface area (Å²) in [7, 11) is 0. The van der Waals surface area contributed by atoms with Crippen LogP contribution in [0.25, 0.3) is 0 Å². The van der Waals surface area contributed by atoms with E-state index in [0.717, 1.165) is 17.8 Å². The van der Waals surface area contributed by atoms with Crippen LogP contribution >= 0.6 is 0 Å². The Labute approximate surface area is 138 Å². The summed E-state index contributed by atoms with van der Waals surface area (Å²) in [6.45, 7) is 6.42. The molecule has 2 aromatic rings. The lowest BCUT2D eigenvalue weighted by Crippen LogP contribution is -2.25. The summed E-state index contributed by atoms with van der Waals surface area (Å²) in [6.07, 6.45) is 0.849. The van der Waals surface area contributed by atoms with E-state index in [4.69, 9.17) is 5.10 Å². The lowest BCUT2D eigenvalue weighted by atomic mass is 9.96. The van der Waals surface area contributed by atoms with Crippen molar-refractivity contribution in [3.63, 3.8) is 0 Å². The van der Waals surface area contributed by atoms with Crippen molar-refractivity contribution in [3.8, 4) is 11.8 Å². The van der Waals surface area contributed by atoms with Gasteiger partial charge in [-0.25, -0.2) is 5.01 Å². The van der Waals surface area contributed by atoms with Crippen LogP contribution in [0.15, 0.2) is 65.8 Å². The summed E-state index contributed by atoms with van der Waals surface area (Å²) in [5.74, 6) is 6.80. The molecule has 0 fully saturated rings. The predicted octanol–water partition coefficient (Wildman–Crippen LogP) is 4.72. The molecule has 2 heteroatoms. The first-order valence-corrected chi connectivity index (χ1v) is 8.03. The van der Waals surface area contributed by atoms with Gasteiger partial charge in [-0.2, -0.15) is 5.10 Å². The summed E-state index contributed by atoms with van der Waals surface area (Å²) in [5.41, 5.74) is 3.36. The van der Waals surface area contributed by atoms with E-state index in [1.54, 1.807) is 0 Å². The summed E-state index contributed by atoms with van der Waals surface area (Å²) >= 11 is 0. The Morgan fingerprint density at radius 3 is 2.17 bits per heavy atom. The van der Waals surface area contributed by atoms with Crippen molar-refractivity contribution in [1.82, 2.24) is 0 Å². The second-order valence-electron chi connectivity index (χ2n) is 6.83. The third kappa shape index (κ3) is 3.81. The van der Waals surface area contributed by atoms with Gasteiger partial charge in [-0.15, -0.1) is 0 Å². The van der Waals surface area contributed by atoms with Crippen molar-refractivity contribution in [2.45, 2.75) is 33.2 Å². The van der Waals surface area contributed by atoms with E-state index in [0.29, 0.717) is 0 Å². The molecule has 1 heterocycles. The molecule has 0 radical (unpaired) electrons. The largest absolute Gasteiger partial charge is 0.250 e. The van der Waals surface area contributed by atoms with Gasteiger partial charge in [0.2, 0.25) is 0 Å². The smallest absolute Gasteiger partial charge is 0.119 e. The van der Waals surface area contributed by atoms with E-state index in [2.05, 4.69) is 74.0 Å². The van der Waals surface area contributed by atoms with Gasteiger partial charge in [0.25, 0.3) is 0 Å². The van der Waals surface area contributed by atoms with Gasteiger partial charge in [-0.05, 0) is 38.5 Å². The predicted molar refractivity (Wildman–Crippen MR) is 97.5 cm³/mol. The number of benzene rings is 2. The Balaban J connectivity index is 1.95. The van der Waals surface area contributed by atoms with Gasteiger partial charge in [0.05, 0.1) is 11.4 Å². The molecule has 1 unspecified atom stereocenters. The molecule has 2 aromatic carbocycles. The van der Waals surface area contributed by atoms with Gasteiger partial charge in [0.15, 0.2) is 0 Å². The molecule has 0 amide bonds. The van der Waals surface area contributed by atoms with Gasteiger partial charge in [0.1, 0.15) is 6.04 Å². The zero-order chi connectivity index (χ0) is 16.3. The Morgan fingerprint density at radius 1 is 0.957 bits per heavy atom. The van der Waals surface area contributed by atoms with Gasteiger partial charge < -0.3 is 0 Å². The lowest BCUT2D eigenvalue weighted by molar-refractivity contribution is 0.569. The van der Waals surface area contributed by atoms with Crippen molar-refractivity contribution in [3.05, 3.63) is 66.2 Å². The van der Waals surface area contributed by atoms with E-state index in [1.165, 1.54) is 5.56 Å². The highest BCUT2D eigenvalue weighted by Gasteiger charge is 2.27. The van der Waals surface area contributed by atoms with Crippen molar-refractivity contribution >= 4 is 11.4 Å². The van der Waals surface area contributed by atoms with Crippen LogP contribution in [0, 0.1) is 17.3 Å². The normalized spacial score (nSPS) is 17.4. The highest BCUT2D eigenvalue weighted by atomic mass is 15.5. The Hall–Kier alpha value is -2.53. The van der Waals surface area contributed by atoms with Crippen LogP contribution in [0.5, 0.6) is 0 Å². The number of rotatable bonds is 2. The molecular weight excluding hydrogens is 280 g/mol. The molecule has 3 rings (SSSR count). The molecule has 0 bridgehead atoms. The molecule has 1 aliphatic heterocycles. The minimum atomic E-state index is -0.00212. The highest BCUT2D eigenvalue weighted by Crippen LogP contribution is 2.26. The Kier molecular flexibility index (Phi) is 4.21. The van der Waals surface area contributed by atoms with E-state index in [-0.39, 0.29) is 11.5 Å². The fourth-order valence-electron chi connectivity index (χ4n) is 2.55. The summed E-state index contributed by atoms with van der Waals surface area (Å²) in [6, 6.07) is 20.7. The minimum absolute atomic E-state index is 0.00212. The third-order valence-electron chi connectivity index (χ3n) is 3.65. The summed E-state index contributed by atoms with van der Waals surface area (Å²) in [4.78, 5) is 0. The van der Waals surface area contributed by atoms with Crippen LogP contribution in [0.2, 0.25) is 0 Å². The molecule has 0 N–H and O–H groups in total. The van der Waals surface area contributed by atoms with Gasteiger partial charge in [-0.3, -0.25) is 0 Å². The van der Waals surface area contributed by atoms with Crippen LogP contribution in [0.4, 0.5) is 5.69 Å². The summed E-state index contributed by atoms with van der Waals surface area (Å²) in [5, 5.41) is 6.91. The average Bonchev–Trinajstić information content (AvgIpc) is 2.98. The molecule has 0 aliphatic carbocycles.